The molecule has 0 aliphatic rings. The number of halogens is 1. The summed E-state index contributed by atoms with van der Waals surface area (Å²) in [7, 11) is 0. The fourth-order valence-corrected chi connectivity index (χ4v) is 1.57. The van der Waals surface area contributed by atoms with Gasteiger partial charge in [0, 0.05) is 10.7 Å². The van der Waals surface area contributed by atoms with Gasteiger partial charge in [-0.15, -0.1) is 0 Å². The van der Waals surface area contributed by atoms with Crippen molar-refractivity contribution in [1.29, 1.82) is 0 Å². The Morgan fingerprint density at radius 1 is 1.47 bits per heavy atom. The van der Waals surface area contributed by atoms with Crippen LogP contribution in [0.25, 0.3) is 0 Å². The lowest BCUT2D eigenvalue weighted by Crippen LogP contribution is -2.41. The van der Waals surface area contributed by atoms with Crippen molar-refractivity contribution in [3.63, 3.8) is 0 Å². The molecule has 1 aromatic rings. The van der Waals surface area contributed by atoms with Gasteiger partial charge in [-0.3, -0.25) is 0 Å². The van der Waals surface area contributed by atoms with E-state index in [0.717, 1.165) is 11.3 Å². The number of nitrogens with one attached hydrogen (secondary N) is 1. The lowest BCUT2D eigenvalue weighted by molar-refractivity contribution is -0.147. The van der Waals surface area contributed by atoms with Gasteiger partial charge in [-0.2, -0.15) is 0 Å². The van der Waals surface area contributed by atoms with E-state index in [1.165, 1.54) is 0 Å². The second-order valence-electron chi connectivity index (χ2n) is 4.43. The fraction of sp³-hybridized carbons (Fsp3) is 0.462. The van der Waals surface area contributed by atoms with Gasteiger partial charge in [-0.05, 0) is 45.4 Å². The molecule has 1 N–H and O–H groups in total. The van der Waals surface area contributed by atoms with E-state index in [2.05, 4.69) is 5.32 Å². The van der Waals surface area contributed by atoms with Gasteiger partial charge in [0.15, 0.2) is 0 Å². The SMILES string of the molecule is CCOC(=O)C(C)(C)Nc1ccc(C)c(Cl)c1. The number of hydrogen-bond acceptors (Lipinski definition) is 3. The van der Waals surface area contributed by atoms with E-state index in [0.29, 0.717) is 11.6 Å². The molecule has 0 aliphatic heterocycles. The first kappa shape index (κ1) is 13.8. The number of benzene rings is 1. The Bertz CT molecular complexity index is 416. The number of aryl methyl sites for hydroxylation is 1. The fourth-order valence-electron chi connectivity index (χ4n) is 1.39. The highest BCUT2D eigenvalue weighted by Crippen LogP contribution is 2.23. The van der Waals surface area contributed by atoms with E-state index in [9.17, 15) is 4.79 Å². The standard InChI is InChI=1S/C13H18ClNO2/c1-5-17-12(16)13(3,4)15-10-7-6-9(2)11(14)8-10/h6-8,15H,5H2,1-4H3. The second-order valence-corrected chi connectivity index (χ2v) is 4.84. The normalized spacial score (nSPS) is 11.1. The Morgan fingerprint density at radius 2 is 2.12 bits per heavy atom. The molecule has 0 bridgehead atoms. The molecule has 0 atom stereocenters. The summed E-state index contributed by atoms with van der Waals surface area (Å²) in [5.74, 6) is -0.281. The Hall–Kier alpha value is -1.22. The average molecular weight is 256 g/mol. The number of esters is 1. The average Bonchev–Trinajstić information content (AvgIpc) is 2.23. The summed E-state index contributed by atoms with van der Waals surface area (Å²) >= 11 is 6.03. The molecule has 1 rings (SSSR count). The zero-order chi connectivity index (χ0) is 13.1. The van der Waals surface area contributed by atoms with Crippen LogP contribution >= 0.6 is 11.6 Å². The van der Waals surface area contributed by atoms with Crippen LogP contribution in [-0.4, -0.2) is 18.1 Å². The van der Waals surface area contributed by atoms with Crippen LogP contribution in [0.2, 0.25) is 5.02 Å². The van der Waals surface area contributed by atoms with Crippen LogP contribution in [-0.2, 0) is 9.53 Å². The summed E-state index contributed by atoms with van der Waals surface area (Å²) in [6, 6.07) is 5.60. The molecular formula is C13H18ClNO2. The van der Waals surface area contributed by atoms with Crippen molar-refractivity contribution < 1.29 is 9.53 Å². The third kappa shape index (κ3) is 3.63. The van der Waals surface area contributed by atoms with Crippen LogP contribution in [0.5, 0.6) is 0 Å². The van der Waals surface area contributed by atoms with E-state index in [1.807, 2.05) is 19.1 Å². The van der Waals surface area contributed by atoms with E-state index in [-0.39, 0.29) is 5.97 Å². The molecule has 0 spiro atoms. The number of carbonyl (C=O) groups excluding carboxylic acids is 1. The van der Waals surface area contributed by atoms with Crippen LogP contribution < -0.4 is 5.32 Å². The maximum absolute atomic E-state index is 11.7. The van der Waals surface area contributed by atoms with Gasteiger partial charge in [0.1, 0.15) is 5.54 Å². The molecule has 94 valence electrons. The molecule has 3 nitrogen and oxygen atoms in total. The van der Waals surface area contributed by atoms with Crippen molar-refractivity contribution in [2.45, 2.75) is 33.2 Å². The third-order valence-corrected chi connectivity index (χ3v) is 2.82. The molecule has 0 fully saturated rings. The molecule has 0 amide bonds. The van der Waals surface area contributed by atoms with Gasteiger partial charge in [-0.25, -0.2) is 4.79 Å². The zero-order valence-corrected chi connectivity index (χ0v) is 11.4. The maximum atomic E-state index is 11.7. The minimum absolute atomic E-state index is 0.281. The zero-order valence-electron chi connectivity index (χ0n) is 10.6. The summed E-state index contributed by atoms with van der Waals surface area (Å²) in [6.07, 6.45) is 0. The molecule has 0 radical (unpaired) electrons. The molecule has 0 saturated heterocycles. The third-order valence-electron chi connectivity index (χ3n) is 2.41. The van der Waals surface area contributed by atoms with Crippen molar-refractivity contribution in [2.24, 2.45) is 0 Å². The molecule has 17 heavy (non-hydrogen) atoms. The number of anilines is 1. The molecule has 4 heteroatoms. The number of hydrogen-bond donors (Lipinski definition) is 1. The maximum Gasteiger partial charge on any atom is 0.331 e. The topological polar surface area (TPSA) is 38.3 Å². The van der Waals surface area contributed by atoms with Gasteiger partial charge < -0.3 is 10.1 Å². The molecule has 1 aromatic carbocycles. The highest BCUT2D eigenvalue weighted by Gasteiger charge is 2.28. The second kappa shape index (κ2) is 5.41. The van der Waals surface area contributed by atoms with Gasteiger partial charge >= 0.3 is 5.97 Å². The number of rotatable bonds is 4. The largest absolute Gasteiger partial charge is 0.464 e. The highest BCUT2D eigenvalue weighted by atomic mass is 35.5. The Morgan fingerprint density at radius 3 is 2.65 bits per heavy atom. The Balaban J connectivity index is 2.82. The predicted octanol–water partition coefficient (Wildman–Crippen LogP) is 3.40. The summed E-state index contributed by atoms with van der Waals surface area (Å²) in [4.78, 5) is 11.7. The molecule has 0 aromatic heterocycles. The Labute approximate surface area is 107 Å². The lowest BCUT2D eigenvalue weighted by Gasteiger charge is -2.25. The van der Waals surface area contributed by atoms with Crippen molar-refractivity contribution in [3.05, 3.63) is 28.8 Å². The van der Waals surface area contributed by atoms with Crippen molar-refractivity contribution in [2.75, 3.05) is 11.9 Å². The van der Waals surface area contributed by atoms with Crippen molar-refractivity contribution >= 4 is 23.3 Å². The molecule has 0 saturated carbocycles. The molecule has 0 aliphatic carbocycles. The minimum atomic E-state index is -0.769. The lowest BCUT2D eigenvalue weighted by atomic mass is 10.1. The van der Waals surface area contributed by atoms with E-state index in [1.54, 1.807) is 26.8 Å². The summed E-state index contributed by atoms with van der Waals surface area (Å²) in [5.41, 5.74) is 1.04. The molecular weight excluding hydrogens is 238 g/mol. The first-order valence-electron chi connectivity index (χ1n) is 5.58. The van der Waals surface area contributed by atoms with Crippen LogP contribution in [0.15, 0.2) is 18.2 Å². The van der Waals surface area contributed by atoms with Crippen LogP contribution in [0, 0.1) is 6.92 Å². The molecule has 0 heterocycles. The monoisotopic (exact) mass is 255 g/mol. The van der Waals surface area contributed by atoms with Gasteiger partial charge in [0.05, 0.1) is 6.61 Å². The number of ether oxygens (including phenoxy) is 1. The van der Waals surface area contributed by atoms with Gasteiger partial charge in [-0.1, -0.05) is 17.7 Å². The summed E-state index contributed by atoms with van der Waals surface area (Å²) in [6.45, 7) is 7.65. The minimum Gasteiger partial charge on any atom is -0.464 e. The van der Waals surface area contributed by atoms with Gasteiger partial charge in [0.25, 0.3) is 0 Å². The van der Waals surface area contributed by atoms with Crippen LogP contribution in [0.4, 0.5) is 5.69 Å². The first-order chi connectivity index (χ1) is 7.86. The van der Waals surface area contributed by atoms with Crippen molar-refractivity contribution in [3.8, 4) is 0 Å². The molecule has 0 unspecified atom stereocenters. The van der Waals surface area contributed by atoms with Crippen LogP contribution in [0.3, 0.4) is 0 Å². The van der Waals surface area contributed by atoms with Crippen LogP contribution in [0.1, 0.15) is 26.3 Å². The van der Waals surface area contributed by atoms with E-state index in [4.69, 9.17) is 16.3 Å². The summed E-state index contributed by atoms with van der Waals surface area (Å²) in [5, 5.41) is 3.79. The van der Waals surface area contributed by atoms with Gasteiger partial charge in [0.2, 0.25) is 0 Å². The smallest absolute Gasteiger partial charge is 0.331 e. The Kier molecular flexibility index (Phi) is 4.40. The van der Waals surface area contributed by atoms with E-state index < -0.39 is 5.54 Å². The van der Waals surface area contributed by atoms with E-state index >= 15 is 0 Å². The summed E-state index contributed by atoms with van der Waals surface area (Å²) < 4.78 is 5.00. The predicted molar refractivity (Wildman–Crippen MR) is 70.5 cm³/mol. The highest BCUT2D eigenvalue weighted by molar-refractivity contribution is 6.31. The number of carbonyl (C=O) groups is 1. The van der Waals surface area contributed by atoms with Crippen molar-refractivity contribution in [1.82, 2.24) is 0 Å². The first-order valence-corrected chi connectivity index (χ1v) is 5.96. The quantitative estimate of drug-likeness (QED) is 0.838.